The second-order valence-corrected chi connectivity index (χ2v) is 8.79. The Kier molecular flexibility index (Phi) is 8.44. The van der Waals surface area contributed by atoms with E-state index in [9.17, 15) is 14.4 Å². The lowest BCUT2D eigenvalue weighted by molar-refractivity contribution is -0.142. The molecule has 0 spiro atoms. The number of furan rings is 2. The van der Waals surface area contributed by atoms with Crippen molar-refractivity contribution in [2.45, 2.75) is 50.7 Å². The van der Waals surface area contributed by atoms with Crippen LogP contribution in [0.2, 0.25) is 0 Å². The molecule has 2 heterocycles. The summed E-state index contributed by atoms with van der Waals surface area (Å²) in [6.45, 7) is -0.188. The summed E-state index contributed by atoms with van der Waals surface area (Å²) in [6, 6.07) is 12.8. The van der Waals surface area contributed by atoms with Gasteiger partial charge in [0, 0.05) is 12.6 Å². The first-order chi connectivity index (χ1) is 17.5. The average Bonchev–Trinajstić information content (AvgIpc) is 3.63. The van der Waals surface area contributed by atoms with Crippen LogP contribution < -0.4 is 15.4 Å². The molecule has 0 bridgehead atoms. The van der Waals surface area contributed by atoms with Crippen molar-refractivity contribution < 1.29 is 28.0 Å². The molecule has 1 fully saturated rings. The third-order valence-corrected chi connectivity index (χ3v) is 6.30. The summed E-state index contributed by atoms with van der Waals surface area (Å²) in [5.74, 6) is -0.134. The Morgan fingerprint density at radius 1 is 1.00 bits per heavy atom. The molecule has 3 amide bonds. The molecule has 1 saturated carbocycles. The second kappa shape index (κ2) is 12.1. The SMILES string of the molecule is COc1ccc(CN(C(=O)CNC(=O)c2ccco2)C(C(=O)NC2CCCCC2)c2ccco2)cc1. The quantitative estimate of drug-likeness (QED) is 0.444. The van der Waals surface area contributed by atoms with Crippen LogP contribution in [0.4, 0.5) is 0 Å². The van der Waals surface area contributed by atoms with Crippen LogP contribution in [0.25, 0.3) is 0 Å². The van der Waals surface area contributed by atoms with E-state index in [0.29, 0.717) is 11.5 Å². The fourth-order valence-corrected chi connectivity index (χ4v) is 4.40. The molecule has 2 aromatic heterocycles. The Labute approximate surface area is 209 Å². The van der Waals surface area contributed by atoms with Crippen molar-refractivity contribution in [2.75, 3.05) is 13.7 Å². The van der Waals surface area contributed by atoms with E-state index in [1.807, 2.05) is 12.1 Å². The van der Waals surface area contributed by atoms with Gasteiger partial charge in [-0.15, -0.1) is 0 Å². The first kappa shape index (κ1) is 25.1. The lowest BCUT2D eigenvalue weighted by Crippen LogP contribution is -2.49. The van der Waals surface area contributed by atoms with E-state index < -0.39 is 17.9 Å². The van der Waals surface area contributed by atoms with Gasteiger partial charge in [0.15, 0.2) is 11.8 Å². The largest absolute Gasteiger partial charge is 0.497 e. The zero-order valence-electron chi connectivity index (χ0n) is 20.3. The number of rotatable bonds is 10. The van der Waals surface area contributed by atoms with Gasteiger partial charge in [0.1, 0.15) is 11.5 Å². The lowest BCUT2D eigenvalue weighted by Gasteiger charge is -2.32. The van der Waals surface area contributed by atoms with Crippen molar-refractivity contribution in [1.82, 2.24) is 15.5 Å². The molecule has 36 heavy (non-hydrogen) atoms. The molecular formula is C27H31N3O6. The molecule has 1 atom stereocenters. The van der Waals surface area contributed by atoms with Crippen molar-refractivity contribution in [1.29, 1.82) is 0 Å². The smallest absolute Gasteiger partial charge is 0.287 e. The van der Waals surface area contributed by atoms with E-state index in [1.165, 1.54) is 23.5 Å². The Morgan fingerprint density at radius 2 is 1.72 bits per heavy atom. The molecule has 0 radical (unpaired) electrons. The second-order valence-electron chi connectivity index (χ2n) is 8.79. The van der Waals surface area contributed by atoms with Gasteiger partial charge < -0.3 is 29.1 Å². The Hall–Kier alpha value is -4.01. The van der Waals surface area contributed by atoms with E-state index in [-0.39, 0.29) is 30.8 Å². The number of benzene rings is 1. The topological polar surface area (TPSA) is 114 Å². The molecule has 190 valence electrons. The van der Waals surface area contributed by atoms with Gasteiger partial charge in [0.05, 0.1) is 26.2 Å². The molecule has 4 rings (SSSR count). The number of nitrogens with zero attached hydrogens (tertiary/aromatic N) is 1. The minimum Gasteiger partial charge on any atom is -0.497 e. The van der Waals surface area contributed by atoms with Gasteiger partial charge in [-0.05, 0) is 54.8 Å². The Balaban J connectivity index is 1.58. The van der Waals surface area contributed by atoms with Crippen LogP contribution in [-0.4, -0.2) is 42.3 Å². The Bertz CT molecular complexity index is 1120. The monoisotopic (exact) mass is 493 g/mol. The number of hydrogen-bond acceptors (Lipinski definition) is 6. The highest BCUT2D eigenvalue weighted by molar-refractivity contribution is 5.95. The zero-order valence-corrected chi connectivity index (χ0v) is 20.3. The van der Waals surface area contributed by atoms with Crippen molar-refractivity contribution in [3.63, 3.8) is 0 Å². The first-order valence-electron chi connectivity index (χ1n) is 12.1. The van der Waals surface area contributed by atoms with Crippen molar-refractivity contribution in [3.8, 4) is 5.75 Å². The molecular weight excluding hydrogens is 462 g/mol. The number of nitrogens with one attached hydrogen (secondary N) is 2. The highest BCUT2D eigenvalue weighted by Crippen LogP contribution is 2.26. The van der Waals surface area contributed by atoms with E-state index in [0.717, 1.165) is 37.7 Å². The molecule has 9 nitrogen and oxygen atoms in total. The molecule has 2 N–H and O–H groups in total. The van der Waals surface area contributed by atoms with Crippen LogP contribution in [-0.2, 0) is 16.1 Å². The third-order valence-electron chi connectivity index (χ3n) is 6.30. The minimum absolute atomic E-state index is 0.0558. The number of ether oxygens (including phenoxy) is 1. The predicted octanol–water partition coefficient (Wildman–Crippen LogP) is 3.83. The Morgan fingerprint density at radius 3 is 2.36 bits per heavy atom. The zero-order chi connectivity index (χ0) is 25.3. The van der Waals surface area contributed by atoms with Gasteiger partial charge in [-0.2, -0.15) is 0 Å². The first-order valence-corrected chi connectivity index (χ1v) is 12.1. The van der Waals surface area contributed by atoms with Crippen LogP contribution in [0, 0.1) is 0 Å². The average molecular weight is 494 g/mol. The molecule has 1 aromatic carbocycles. The summed E-state index contributed by atoms with van der Waals surface area (Å²) in [4.78, 5) is 40.9. The third kappa shape index (κ3) is 6.35. The summed E-state index contributed by atoms with van der Waals surface area (Å²) in [5.41, 5.74) is 0.795. The summed E-state index contributed by atoms with van der Waals surface area (Å²) >= 11 is 0. The predicted molar refractivity (Wildman–Crippen MR) is 131 cm³/mol. The number of amides is 3. The van der Waals surface area contributed by atoms with Crippen molar-refractivity contribution in [2.24, 2.45) is 0 Å². The molecule has 1 unspecified atom stereocenters. The van der Waals surface area contributed by atoms with E-state index in [1.54, 1.807) is 37.4 Å². The fourth-order valence-electron chi connectivity index (χ4n) is 4.40. The van der Waals surface area contributed by atoms with Crippen molar-refractivity contribution >= 4 is 17.7 Å². The van der Waals surface area contributed by atoms with Gasteiger partial charge in [0.2, 0.25) is 5.91 Å². The summed E-state index contributed by atoms with van der Waals surface area (Å²) in [6.07, 6.45) is 7.95. The molecule has 9 heteroatoms. The standard InChI is InChI=1S/C27H31N3O6/c1-34-21-13-11-19(12-14-21)18-30(24(31)17-28-26(32)23-10-6-16-36-23)25(22-9-5-15-35-22)27(33)29-20-7-3-2-4-8-20/h5-6,9-16,20,25H,2-4,7-8,17-18H2,1H3,(H,28,32)(H,29,33). The van der Waals surface area contributed by atoms with E-state index >= 15 is 0 Å². The van der Waals surface area contributed by atoms with E-state index in [2.05, 4.69) is 10.6 Å². The van der Waals surface area contributed by atoms with Gasteiger partial charge >= 0.3 is 0 Å². The van der Waals surface area contributed by atoms with Gasteiger partial charge in [-0.3, -0.25) is 14.4 Å². The van der Waals surface area contributed by atoms with Crippen molar-refractivity contribution in [3.05, 3.63) is 78.1 Å². The number of hydrogen-bond donors (Lipinski definition) is 2. The molecule has 1 aliphatic carbocycles. The maximum Gasteiger partial charge on any atom is 0.287 e. The number of carbonyl (C=O) groups is 3. The van der Waals surface area contributed by atoms with Crippen LogP contribution in [0.1, 0.15) is 60.0 Å². The lowest BCUT2D eigenvalue weighted by atomic mass is 9.95. The molecule has 1 aliphatic rings. The number of methoxy groups -OCH3 is 1. The molecule has 0 saturated heterocycles. The summed E-state index contributed by atoms with van der Waals surface area (Å²) < 4.78 is 16.0. The van der Waals surface area contributed by atoms with Crippen LogP contribution in [0.15, 0.2) is 69.9 Å². The van der Waals surface area contributed by atoms with Crippen LogP contribution >= 0.6 is 0 Å². The highest BCUT2D eigenvalue weighted by atomic mass is 16.5. The van der Waals surface area contributed by atoms with E-state index in [4.69, 9.17) is 13.6 Å². The van der Waals surface area contributed by atoms with Crippen LogP contribution in [0.5, 0.6) is 5.75 Å². The van der Waals surface area contributed by atoms with Gasteiger partial charge in [0.25, 0.3) is 11.8 Å². The summed E-state index contributed by atoms with van der Waals surface area (Å²) in [5, 5.41) is 5.70. The fraction of sp³-hybridized carbons (Fsp3) is 0.370. The molecule has 3 aromatic rings. The minimum atomic E-state index is -1.00. The summed E-state index contributed by atoms with van der Waals surface area (Å²) in [7, 11) is 1.58. The highest BCUT2D eigenvalue weighted by Gasteiger charge is 2.35. The van der Waals surface area contributed by atoms with Gasteiger partial charge in [-0.1, -0.05) is 31.4 Å². The number of carbonyl (C=O) groups excluding carboxylic acids is 3. The maximum atomic E-state index is 13.6. The normalized spacial score (nSPS) is 14.6. The molecule has 0 aliphatic heterocycles. The van der Waals surface area contributed by atoms with Crippen LogP contribution in [0.3, 0.4) is 0 Å². The maximum absolute atomic E-state index is 13.6. The van der Waals surface area contributed by atoms with Gasteiger partial charge in [-0.25, -0.2) is 0 Å².